The number of hydrogen-bond acceptors (Lipinski definition) is 5. The maximum atomic E-state index is 10.6. The molecule has 0 aromatic carbocycles. The molecule has 0 unspecified atom stereocenters. The van der Waals surface area contributed by atoms with Crippen LogP contribution in [0.1, 0.15) is 11.4 Å². The number of ether oxygens (including phenoxy) is 2. The van der Waals surface area contributed by atoms with Gasteiger partial charge in [0.1, 0.15) is 0 Å². The van der Waals surface area contributed by atoms with E-state index in [1.807, 2.05) is 0 Å². The lowest BCUT2D eigenvalue weighted by molar-refractivity contribution is -0.167. The summed E-state index contributed by atoms with van der Waals surface area (Å²) in [5, 5.41) is 8.67. The molecule has 0 fully saturated rings. The van der Waals surface area contributed by atoms with Crippen LogP contribution in [-0.4, -0.2) is 34.4 Å². The Hall–Kier alpha value is -1.69. The number of methoxy groups -OCH3 is 1. The van der Waals surface area contributed by atoms with Crippen molar-refractivity contribution in [2.75, 3.05) is 7.11 Å². The summed E-state index contributed by atoms with van der Waals surface area (Å²) < 4.78 is 9.54. The van der Waals surface area contributed by atoms with Crippen LogP contribution in [0.25, 0.3) is 0 Å². The first-order valence-corrected chi connectivity index (χ1v) is 4.27. The third kappa shape index (κ3) is 3.17. The molecule has 0 aliphatic rings. The number of nitrogens with zero attached hydrogens (tertiary/aromatic N) is 2. The van der Waals surface area contributed by atoms with Crippen LogP contribution in [0.5, 0.6) is 6.01 Å². The summed E-state index contributed by atoms with van der Waals surface area (Å²) in [4.78, 5) is 18.5. The lowest BCUT2D eigenvalue weighted by atomic mass is 10.4. The fourth-order valence-corrected chi connectivity index (χ4v) is 1.04. The number of aliphatic carboxylic acids is 1. The Kier molecular flexibility index (Phi) is 3.56. The van der Waals surface area contributed by atoms with Crippen molar-refractivity contribution in [1.82, 2.24) is 9.97 Å². The molecule has 1 N–H and O–H groups in total. The number of carboxylic acids is 1. The van der Waals surface area contributed by atoms with E-state index < -0.39 is 12.3 Å². The molecule has 1 rings (SSSR count). The van der Waals surface area contributed by atoms with Crippen molar-refractivity contribution < 1.29 is 19.4 Å². The Labute approximate surface area is 86.9 Å². The SMILES string of the molecule is CO[C@H](Oc1nc(C)cc(C)n1)C(=O)O. The van der Waals surface area contributed by atoms with Crippen molar-refractivity contribution in [2.45, 2.75) is 20.1 Å². The molecule has 0 aliphatic heterocycles. The van der Waals surface area contributed by atoms with E-state index in [-0.39, 0.29) is 6.01 Å². The van der Waals surface area contributed by atoms with Crippen LogP contribution in [0.2, 0.25) is 0 Å². The molecule has 0 radical (unpaired) electrons. The molecule has 0 aliphatic carbocycles. The Morgan fingerprint density at radius 1 is 1.40 bits per heavy atom. The van der Waals surface area contributed by atoms with Crippen LogP contribution < -0.4 is 4.74 Å². The Bertz CT molecular complexity index is 347. The second-order valence-electron chi connectivity index (χ2n) is 2.96. The minimum atomic E-state index is -1.38. The highest BCUT2D eigenvalue weighted by Crippen LogP contribution is 2.08. The summed E-state index contributed by atoms with van der Waals surface area (Å²) in [6.07, 6.45) is -1.38. The van der Waals surface area contributed by atoms with Crippen LogP contribution in [-0.2, 0) is 9.53 Å². The number of aryl methyl sites for hydroxylation is 2. The van der Waals surface area contributed by atoms with Gasteiger partial charge in [-0.3, -0.25) is 0 Å². The standard InChI is InChI=1S/C9H12N2O4/c1-5-4-6(2)11-9(10-5)15-8(14-3)7(12)13/h4,8H,1-3H3,(H,12,13)/t8-/m1/s1. The van der Waals surface area contributed by atoms with Crippen LogP contribution in [0.15, 0.2) is 6.07 Å². The molecule has 6 heteroatoms. The van der Waals surface area contributed by atoms with Crippen LogP contribution >= 0.6 is 0 Å². The highest BCUT2D eigenvalue weighted by molar-refractivity contribution is 5.70. The van der Waals surface area contributed by atoms with Crippen molar-refractivity contribution in [3.8, 4) is 6.01 Å². The molecular weight excluding hydrogens is 200 g/mol. The molecule has 1 atom stereocenters. The first kappa shape index (κ1) is 11.4. The van der Waals surface area contributed by atoms with Gasteiger partial charge in [0.25, 0.3) is 0 Å². The van der Waals surface area contributed by atoms with Gasteiger partial charge in [-0.1, -0.05) is 0 Å². The predicted molar refractivity (Wildman–Crippen MR) is 50.6 cm³/mol. The van der Waals surface area contributed by atoms with E-state index in [0.717, 1.165) is 0 Å². The molecule has 15 heavy (non-hydrogen) atoms. The normalized spacial score (nSPS) is 12.2. The average molecular weight is 212 g/mol. The smallest absolute Gasteiger partial charge is 0.374 e. The Balaban J connectivity index is 2.83. The van der Waals surface area contributed by atoms with Crippen LogP contribution in [0.4, 0.5) is 0 Å². The lowest BCUT2D eigenvalue weighted by Gasteiger charge is -2.11. The fourth-order valence-electron chi connectivity index (χ4n) is 1.04. The number of aromatic nitrogens is 2. The number of carboxylic acid groups (broad SMARTS) is 1. The maximum absolute atomic E-state index is 10.6. The van der Waals surface area contributed by atoms with Gasteiger partial charge in [-0.25, -0.2) is 14.8 Å². The minimum absolute atomic E-state index is 0.00162. The van der Waals surface area contributed by atoms with E-state index in [9.17, 15) is 4.79 Å². The summed E-state index contributed by atoms with van der Waals surface area (Å²) in [5.74, 6) is -1.22. The van der Waals surface area contributed by atoms with Gasteiger partial charge in [-0.15, -0.1) is 0 Å². The van der Waals surface area contributed by atoms with Gasteiger partial charge in [-0.2, -0.15) is 0 Å². The topological polar surface area (TPSA) is 81.5 Å². The van der Waals surface area contributed by atoms with Crippen molar-refractivity contribution in [3.63, 3.8) is 0 Å². The molecule has 0 amide bonds. The molecule has 82 valence electrons. The fraction of sp³-hybridized carbons (Fsp3) is 0.444. The second kappa shape index (κ2) is 4.70. The number of rotatable bonds is 4. The van der Waals surface area contributed by atoms with Gasteiger partial charge < -0.3 is 14.6 Å². The van der Waals surface area contributed by atoms with Crippen molar-refractivity contribution in [2.24, 2.45) is 0 Å². The third-order valence-electron chi connectivity index (χ3n) is 1.59. The molecule has 0 spiro atoms. The second-order valence-corrected chi connectivity index (χ2v) is 2.96. The number of hydrogen-bond donors (Lipinski definition) is 1. The lowest BCUT2D eigenvalue weighted by Crippen LogP contribution is -2.29. The van der Waals surface area contributed by atoms with Gasteiger partial charge in [0.05, 0.1) is 0 Å². The van der Waals surface area contributed by atoms with Gasteiger partial charge in [0.2, 0.25) is 0 Å². The van der Waals surface area contributed by atoms with Crippen molar-refractivity contribution in [3.05, 3.63) is 17.5 Å². The van der Waals surface area contributed by atoms with Gasteiger partial charge in [0, 0.05) is 18.5 Å². The van der Waals surface area contributed by atoms with E-state index in [1.165, 1.54) is 7.11 Å². The molecule has 0 saturated carbocycles. The molecule has 0 bridgehead atoms. The van der Waals surface area contributed by atoms with E-state index in [0.29, 0.717) is 11.4 Å². The maximum Gasteiger partial charge on any atom is 0.374 e. The van der Waals surface area contributed by atoms with E-state index in [4.69, 9.17) is 9.84 Å². The zero-order valence-corrected chi connectivity index (χ0v) is 8.72. The minimum Gasteiger partial charge on any atom is -0.477 e. The van der Waals surface area contributed by atoms with E-state index in [2.05, 4.69) is 14.7 Å². The zero-order chi connectivity index (χ0) is 11.4. The molecule has 0 saturated heterocycles. The molecule has 6 nitrogen and oxygen atoms in total. The summed E-state index contributed by atoms with van der Waals surface area (Å²) >= 11 is 0. The molecule has 1 aromatic heterocycles. The Morgan fingerprint density at radius 3 is 2.33 bits per heavy atom. The molecular formula is C9H12N2O4. The van der Waals surface area contributed by atoms with Gasteiger partial charge in [0.15, 0.2) is 0 Å². The average Bonchev–Trinajstić information content (AvgIpc) is 2.12. The molecule has 1 heterocycles. The van der Waals surface area contributed by atoms with Crippen LogP contribution in [0.3, 0.4) is 0 Å². The summed E-state index contributed by atoms with van der Waals surface area (Å²) in [6.45, 7) is 3.54. The van der Waals surface area contributed by atoms with E-state index in [1.54, 1.807) is 19.9 Å². The number of carbonyl (C=O) groups is 1. The Morgan fingerprint density at radius 2 is 1.93 bits per heavy atom. The third-order valence-corrected chi connectivity index (χ3v) is 1.59. The van der Waals surface area contributed by atoms with Crippen LogP contribution in [0, 0.1) is 13.8 Å². The van der Waals surface area contributed by atoms with Crippen molar-refractivity contribution >= 4 is 5.97 Å². The largest absolute Gasteiger partial charge is 0.477 e. The summed E-state index contributed by atoms with van der Waals surface area (Å²) in [5.41, 5.74) is 1.41. The van der Waals surface area contributed by atoms with E-state index >= 15 is 0 Å². The van der Waals surface area contributed by atoms with Gasteiger partial charge >= 0.3 is 18.3 Å². The van der Waals surface area contributed by atoms with Gasteiger partial charge in [-0.05, 0) is 19.9 Å². The quantitative estimate of drug-likeness (QED) is 0.733. The summed E-state index contributed by atoms with van der Waals surface area (Å²) in [6, 6.07) is 1.76. The predicted octanol–water partition coefficient (Wildman–Crippen LogP) is 0.529. The highest BCUT2D eigenvalue weighted by atomic mass is 16.7. The first-order chi connectivity index (χ1) is 7.02. The zero-order valence-electron chi connectivity index (χ0n) is 8.72. The molecule has 1 aromatic rings. The monoisotopic (exact) mass is 212 g/mol. The first-order valence-electron chi connectivity index (χ1n) is 4.27. The van der Waals surface area contributed by atoms with Crippen molar-refractivity contribution in [1.29, 1.82) is 0 Å². The highest BCUT2D eigenvalue weighted by Gasteiger charge is 2.19. The summed E-state index contributed by atoms with van der Waals surface area (Å²) in [7, 11) is 1.24.